The van der Waals surface area contributed by atoms with Gasteiger partial charge in [0.05, 0.1) is 12.7 Å². The molecular weight excluding hydrogens is 224 g/mol. The molecule has 1 saturated heterocycles. The lowest BCUT2D eigenvalue weighted by Gasteiger charge is -2.32. The van der Waals surface area contributed by atoms with Gasteiger partial charge in [-0.3, -0.25) is 4.90 Å². The quantitative estimate of drug-likeness (QED) is 0.749. The van der Waals surface area contributed by atoms with Gasteiger partial charge in [-0.1, -0.05) is 19.1 Å². The summed E-state index contributed by atoms with van der Waals surface area (Å²) >= 11 is 0. The zero-order chi connectivity index (χ0) is 12.4. The van der Waals surface area contributed by atoms with Crippen LogP contribution in [0.1, 0.15) is 19.8 Å². The van der Waals surface area contributed by atoms with Crippen molar-refractivity contribution < 1.29 is 4.74 Å². The molecule has 1 heterocycles. The highest BCUT2D eigenvalue weighted by Gasteiger charge is 2.35. The van der Waals surface area contributed by atoms with E-state index in [2.05, 4.69) is 29.3 Å². The third kappa shape index (κ3) is 2.79. The Morgan fingerprint density at radius 2 is 2.22 bits per heavy atom. The number of ether oxygens (including phenoxy) is 1. The Hall–Kier alpha value is -0.380. The molecule has 3 nitrogen and oxygen atoms in total. The summed E-state index contributed by atoms with van der Waals surface area (Å²) in [5.74, 6) is 2.64. The average Bonchev–Trinajstić information content (AvgIpc) is 3.01. The number of likely N-dealkylation sites (N-methyl/N-ethyl adjacent to an activating group) is 1. The van der Waals surface area contributed by atoms with Gasteiger partial charge in [0.2, 0.25) is 0 Å². The number of nitrogens with zero attached hydrogens (tertiary/aromatic N) is 1. The summed E-state index contributed by atoms with van der Waals surface area (Å²) in [6.45, 7) is 8.68. The van der Waals surface area contributed by atoms with E-state index in [9.17, 15) is 0 Å². The third-order valence-corrected chi connectivity index (χ3v) is 4.87. The minimum Gasteiger partial charge on any atom is -0.374 e. The molecule has 0 spiro atoms. The monoisotopic (exact) mass is 250 g/mol. The summed E-state index contributed by atoms with van der Waals surface area (Å²) in [5, 5.41) is 3.64. The van der Waals surface area contributed by atoms with E-state index >= 15 is 0 Å². The second kappa shape index (κ2) is 5.72. The number of hydrogen-bond acceptors (Lipinski definition) is 3. The molecule has 3 heteroatoms. The Morgan fingerprint density at radius 3 is 2.94 bits per heavy atom. The highest BCUT2D eigenvalue weighted by Crippen LogP contribution is 2.42. The van der Waals surface area contributed by atoms with Crippen molar-refractivity contribution >= 4 is 0 Å². The maximum absolute atomic E-state index is 5.82. The summed E-state index contributed by atoms with van der Waals surface area (Å²) in [6, 6.07) is 0. The second-order valence-corrected chi connectivity index (χ2v) is 6.08. The first-order valence-electron chi connectivity index (χ1n) is 7.58. The summed E-state index contributed by atoms with van der Waals surface area (Å²) in [7, 11) is 0. The Labute approximate surface area is 111 Å². The fourth-order valence-electron chi connectivity index (χ4n) is 3.75. The lowest BCUT2D eigenvalue weighted by molar-refractivity contribution is -0.0256. The molecule has 0 aromatic heterocycles. The first-order valence-corrected chi connectivity index (χ1v) is 7.58. The molecule has 0 aromatic rings. The molecular formula is C15H26N2O. The molecule has 4 atom stereocenters. The molecule has 3 aliphatic rings. The summed E-state index contributed by atoms with van der Waals surface area (Å²) < 4.78 is 5.82. The van der Waals surface area contributed by atoms with Crippen LogP contribution in [0.15, 0.2) is 12.2 Å². The Balaban J connectivity index is 1.36. The minimum absolute atomic E-state index is 0.396. The Bertz CT molecular complexity index is 305. The van der Waals surface area contributed by atoms with E-state index in [-0.39, 0.29) is 0 Å². The van der Waals surface area contributed by atoms with Gasteiger partial charge in [0, 0.05) is 19.6 Å². The maximum atomic E-state index is 5.82. The van der Waals surface area contributed by atoms with Gasteiger partial charge >= 0.3 is 0 Å². The molecule has 0 amide bonds. The normalized spacial score (nSPS) is 39.6. The molecule has 2 bridgehead atoms. The number of rotatable bonds is 5. The zero-order valence-corrected chi connectivity index (χ0v) is 11.5. The molecule has 4 unspecified atom stereocenters. The SMILES string of the molecule is CCN1CCOC(CNCC2CC3C=CC2C3)C1. The zero-order valence-electron chi connectivity index (χ0n) is 11.5. The van der Waals surface area contributed by atoms with Crippen LogP contribution in [-0.4, -0.2) is 50.3 Å². The predicted octanol–water partition coefficient (Wildman–Crippen LogP) is 1.51. The van der Waals surface area contributed by atoms with Crippen LogP contribution < -0.4 is 5.32 Å². The summed E-state index contributed by atoms with van der Waals surface area (Å²) in [6.07, 6.45) is 8.07. The lowest BCUT2D eigenvalue weighted by atomic mass is 9.93. The van der Waals surface area contributed by atoms with E-state index < -0.39 is 0 Å². The molecule has 102 valence electrons. The summed E-state index contributed by atoms with van der Waals surface area (Å²) in [5.41, 5.74) is 0. The van der Waals surface area contributed by atoms with E-state index in [1.807, 2.05) is 0 Å². The lowest BCUT2D eigenvalue weighted by Crippen LogP contribution is -2.47. The molecule has 1 N–H and O–H groups in total. The smallest absolute Gasteiger partial charge is 0.0826 e. The number of nitrogens with one attached hydrogen (secondary N) is 1. The van der Waals surface area contributed by atoms with Crippen LogP contribution in [0.3, 0.4) is 0 Å². The highest BCUT2D eigenvalue weighted by atomic mass is 16.5. The minimum atomic E-state index is 0.396. The van der Waals surface area contributed by atoms with Gasteiger partial charge in [-0.2, -0.15) is 0 Å². The van der Waals surface area contributed by atoms with Crippen LogP contribution in [0.25, 0.3) is 0 Å². The first-order chi connectivity index (χ1) is 8.85. The van der Waals surface area contributed by atoms with Crippen molar-refractivity contribution in [2.24, 2.45) is 17.8 Å². The van der Waals surface area contributed by atoms with Crippen molar-refractivity contribution in [3.63, 3.8) is 0 Å². The van der Waals surface area contributed by atoms with Gasteiger partial charge in [0.1, 0.15) is 0 Å². The van der Waals surface area contributed by atoms with Crippen molar-refractivity contribution in [2.45, 2.75) is 25.9 Å². The third-order valence-electron chi connectivity index (χ3n) is 4.87. The first kappa shape index (κ1) is 12.6. The van der Waals surface area contributed by atoms with Gasteiger partial charge in [-0.25, -0.2) is 0 Å². The van der Waals surface area contributed by atoms with Crippen LogP contribution in [0, 0.1) is 17.8 Å². The van der Waals surface area contributed by atoms with E-state index in [0.29, 0.717) is 6.10 Å². The van der Waals surface area contributed by atoms with Crippen LogP contribution in [0.4, 0.5) is 0 Å². The van der Waals surface area contributed by atoms with E-state index in [4.69, 9.17) is 4.74 Å². The van der Waals surface area contributed by atoms with Crippen LogP contribution in [-0.2, 0) is 4.74 Å². The average molecular weight is 250 g/mol. The molecule has 0 aromatic carbocycles. The van der Waals surface area contributed by atoms with E-state index in [0.717, 1.165) is 50.5 Å². The molecule has 2 fully saturated rings. The molecule has 0 radical (unpaired) electrons. The van der Waals surface area contributed by atoms with E-state index in [1.54, 1.807) is 0 Å². The van der Waals surface area contributed by atoms with E-state index in [1.165, 1.54) is 19.4 Å². The molecule has 3 rings (SSSR count). The van der Waals surface area contributed by atoms with Gasteiger partial charge in [-0.05, 0) is 43.7 Å². The van der Waals surface area contributed by atoms with Gasteiger partial charge in [0.15, 0.2) is 0 Å². The van der Waals surface area contributed by atoms with Crippen molar-refractivity contribution in [1.29, 1.82) is 0 Å². The van der Waals surface area contributed by atoms with Crippen LogP contribution >= 0.6 is 0 Å². The largest absolute Gasteiger partial charge is 0.374 e. The van der Waals surface area contributed by atoms with Crippen molar-refractivity contribution in [2.75, 3.05) is 39.3 Å². The number of hydrogen-bond donors (Lipinski definition) is 1. The number of fused-ring (bicyclic) bond motifs is 2. The topological polar surface area (TPSA) is 24.5 Å². The second-order valence-electron chi connectivity index (χ2n) is 6.08. The van der Waals surface area contributed by atoms with Gasteiger partial charge in [0.25, 0.3) is 0 Å². The molecule has 1 saturated carbocycles. The number of allylic oxidation sites excluding steroid dienone is 2. The summed E-state index contributed by atoms with van der Waals surface area (Å²) in [4.78, 5) is 2.48. The van der Waals surface area contributed by atoms with Crippen molar-refractivity contribution in [3.05, 3.63) is 12.2 Å². The van der Waals surface area contributed by atoms with Gasteiger partial charge in [-0.15, -0.1) is 0 Å². The number of morpholine rings is 1. The maximum Gasteiger partial charge on any atom is 0.0826 e. The Morgan fingerprint density at radius 1 is 1.28 bits per heavy atom. The molecule has 2 aliphatic carbocycles. The Kier molecular flexibility index (Phi) is 4.02. The molecule has 1 aliphatic heterocycles. The van der Waals surface area contributed by atoms with Crippen molar-refractivity contribution in [1.82, 2.24) is 10.2 Å². The highest BCUT2D eigenvalue weighted by molar-refractivity contribution is 5.10. The predicted molar refractivity (Wildman–Crippen MR) is 73.6 cm³/mol. The van der Waals surface area contributed by atoms with Gasteiger partial charge < -0.3 is 10.1 Å². The fraction of sp³-hybridized carbons (Fsp3) is 0.867. The van der Waals surface area contributed by atoms with Crippen LogP contribution in [0.2, 0.25) is 0 Å². The fourth-order valence-corrected chi connectivity index (χ4v) is 3.75. The molecule has 18 heavy (non-hydrogen) atoms. The standard InChI is InChI=1S/C15H26N2O/c1-2-17-5-6-18-15(11-17)10-16-9-14-8-12-3-4-13(14)7-12/h3-4,12-16H,2,5-11H2,1H3. The van der Waals surface area contributed by atoms with Crippen molar-refractivity contribution in [3.8, 4) is 0 Å². The van der Waals surface area contributed by atoms with Crippen LogP contribution in [0.5, 0.6) is 0 Å².